The van der Waals surface area contributed by atoms with E-state index in [1.165, 1.54) is 6.07 Å². The fraction of sp³-hybridized carbons (Fsp3) is 0.267. The molecule has 0 amide bonds. The molecule has 100 valence electrons. The first kappa shape index (κ1) is 13.5. The molecule has 0 spiro atoms. The second kappa shape index (κ2) is 5.80. The predicted molar refractivity (Wildman–Crippen MR) is 72.5 cm³/mol. The summed E-state index contributed by atoms with van der Waals surface area (Å²) >= 11 is 0. The van der Waals surface area contributed by atoms with Crippen molar-refractivity contribution >= 4 is 5.78 Å². The third kappa shape index (κ3) is 3.51. The topological polar surface area (TPSA) is 25.2 Å². The number of Topliss-reactive ketones (excluding diaryl/α,β-unsaturated/α-hetero) is 1. The van der Waals surface area contributed by atoms with Gasteiger partial charge in [-0.15, -0.1) is 0 Å². The van der Waals surface area contributed by atoms with Crippen molar-refractivity contribution < 1.29 is 9.18 Å². The summed E-state index contributed by atoms with van der Waals surface area (Å²) in [5.41, 5.74) is 1.29. The molecule has 0 saturated heterocycles. The van der Waals surface area contributed by atoms with Crippen LogP contribution in [0.3, 0.4) is 0 Å². The third-order valence-electron chi connectivity index (χ3n) is 2.97. The number of hydrogen-bond donors (Lipinski definition) is 0. The predicted octanol–water partition coefficient (Wildman–Crippen LogP) is 2.48. The van der Waals surface area contributed by atoms with Gasteiger partial charge in [-0.25, -0.2) is 4.39 Å². The van der Waals surface area contributed by atoms with Crippen molar-refractivity contribution in [3.8, 4) is 0 Å². The van der Waals surface area contributed by atoms with E-state index in [0.717, 1.165) is 0 Å². The Hall–Kier alpha value is -1.94. The third-order valence-corrected chi connectivity index (χ3v) is 2.97. The van der Waals surface area contributed by atoms with E-state index in [1.807, 2.05) is 29.8 Å². The number of hydrogen-bond acceptors (Lipinski definition) is 2. The molecule has 0 fully saturated rings. The van der Waals surface area contributed by atoms with Gasteiger partial charge in [0.1, 0.15) is 5.82 Å². The second-order valence-corrected chi connectivity index (χ2v) is 4.75. The normalized spacial score (nSPS) is 10.9. The van der Waals surface area contributed by atoms with Crippen molar-refractivity contribution in [3.63, 3.8) is 0 Å². The number of likely N-dealkylation sites (N-methyl/N-ethyl adjacent to an activating group) is 1. The molecule has 2 rings (SSSR count). The highest BCUT2D eigenvalue weighted by molar-refractivity contribution is 5.97. The van der Waals surface area contributed by atoms with Crippen LogP contribution in [0.15, 0.2) is 42.7 Å². The van der Waals surface area contributed by atoms with Gasteiger partial charge in [0.05, 0.1) is 6.54 Å². The van der Waals surface area contributed by atoms with Gasteiger partial charge in [0.25, 0.3) is 0 Å². The number of aryl methyl sites for hydroxylation is 1. The Kier molecular flexibility index (Phi) is 4.12. The van der Waals surface area contributed by atoms with Gasteiger partial charge in [-0.1, -0.05) is 18.2 Å². The first-order valence-corrected chi connectivity index (χ1v) is 6.13. The highest BCUT2D eigenvalue weighted by atomic mass is 19.1. The van der Waals surface area contributed by atoms with Crippen molar-refractivity contribution in [1.82, 2.24) is 9.47 Å². The van der Waals surface area contributed by atoms with Crippen LogP contribution >= 0.6 is 0 Å². The Bertz CT molecular complexity index is 577. The average Bonchev–Trinajstić information content (AvgIpc) is 2.79. The second-order valence-electron chi connectivity index (χ2n) is 4.75. The van der Waals surface area contributed by atoms with Gasteiger partial charge in [0, 0.05) is 37.1 Å². The lowest BCUT2D eigenvalue weighted by atomic mass is 10.2. The molecule has 0 aliphatic rings. The van der Waals surface area contributed by atoms with Gasteiger partial charge in [0.2, 0.25) is 0 Å². The molecule has 19 heavy (non-hydrogen) atoms. The molecule has 1 heterocycles. The van der Waals surface area contributed by atoms with Gasteiger partial charge in [0.15, 0.2) is 5.78 Å². The number of ketones is 1. The summed E-state index contributed by atoms with van der Waals surface area (Å²) in [5.74, 6) is -0.194. The minimum atomic E-state index is -0.235. The molecule has 0 N–H and O–H groups in total. The molecule has 2 aromatic rings. The van der Waals surface area contributed by atoms with Crippen molar-refractivity contribution in [2.75, 3.05) is 13.6 Å². The van der Waals surface area contributed by atoms with Crippen LogP contribution in [0.4, 0.5) is 4.39 Å². The van der Waals surface area contributed by atoms with Crippen LogP contribution < -0.4 is 0 Å². The minimum Gasteiger partial charge on any atom is -0.357 e. The zero-order chi connectivity index (χ0) is 13.8. The molecule has 4 heteroatoms. The lowest BCUT2D eigenvalue weighted by Crippen LogP contribution is -2.25. The first-order valence-electron chi connectivity index (χ1n) is 6.13. The lowest BCUT2D eigenvalue weighted by molar-refractivity contribution is 0.0942. The fourth-order valence-electron chi connectivity index (χ4n) is 1.98. The maximum Gasteiger partial charge on any atom is 0.178 e. The van der Waals surface area contributed by atoms with E-state index >= 15 is 0 Å². The van der Waals surface area contributed by atoms with E-state index in [4.69, 9.17) is 0 Å². The van der Waals surface area contributed by atoms with E-state index in [1.54, 1.807) is 30.5 Å². The van der Waals surface area contributed by atoms with Crippen LogP contribution in [0.25, 0.3) is 0 Å². The number of carbonyl (C=O) groups excluding carboxylic acids is 1. The fourth-order valence-corrected chi connectivity index (χ4v) is 1.98. The zero-order valence-electron chi connectivity index (χ0n) is 11.1. The molecule has 0 unspecified atom stereocenters. The van der Waals surface area contributed by atoms with Gasteiger partial charge in [-0.3, -0.25) is 9.69 Å². The van der Waals surface area contributed by atoms with Crippen LogP contribution in [0.5, 0.6) is 0 Å². The number of rotatable bonds is 5. The Morgan fingerprint density at radius 3 is 2.68 bits per heavy atom. The van der Waals surface area contributed by atoms with Crippen LogP contribution in [-0.4, -0.2) is 28.8 Å². The number of halogens is 1. The number of nitrogens with zero attached hydrogens (tertiary/aromatic N) is 2. The standard InChI is InChI=1S/C15H17FN2O/c1-17-8-7-13(10-17)15(19)11-18(2)9-12-5-3-4-6-14(12)16/h3-8,10H,9,11H2,1-2H3. The van der Waals surface area contributed by atoms with Crippen molar-refractivity contribution in [2.45, 2.75) is 6.54 Å². The SMILES string of the molecule is CN(CC(=O)c1ccn(C)c1)Cc1ccccc1F. The van der Waals surface area contributed by atoms with Gasteiger partial charge in [-0.2, -0.15) is 0 Å². The Morgan fingerprint density at radius 1 is 1.32 bits per heavy atom. The lowest BCUT2D eigenvalue weighted by Gasteiger charge is -2.15. The molecule has 0 atom stereocenters. The van der Waals surface area contributed by atoms with Gasteiger partial charge < -0.3 is 4.57 Å². The average molecular weight is 260 g/mol. The Morgan fingerprint density at radius 2 is 2.05 bits per heavy atom. The number of carbonyl (C=O) groups is 1. The minimum absolute atomic E-state index is 0.0411. The first-order chi connectivity index (χ1) is 9.06. The van der Waals surface area contributed by atoms with Crippen molar-refractivity contribution in [2.24, 2.45) is 7.05 Å². The largest absolute Gasteiger partial charge is 0.357 e. The van der Waals surface area contributed by atoms with Crippen molar-refractivity contribution in [3.05, 3.63) is 59.7 Å². The van der Waals surface area contributed by atoms with E-state index in [-0.39, 0.29) is 18.1 Å². The van der Waals surface area contributed by atoms with E-state index in [2.05, 4.69) is 0 Å². The molecule has 1 aromatic carbocycles. The molecule has 1 aromatic heterocycles. The van der Waals surface area contributed by atoms with E-state index in [0.29, 0.717) is 17.7 Å². The van der Waals surface area contributed by atoms with E-state index < -0.39 is 0 Å². The zero-order valence-corrected chi connectivity index (χ0v) is 11.1. The Balaban J connectivity index is 1.96. The monoisotopic (exact) mass is 260 g/mol. The smallest absolute Gasteiger partial charge is 0.178 e. The molecule has 3 nitrogen and oxygen atoms in total. The highest BCUT2D eigenvalue weighted by Gasteiger charge is 2.11. The molecular formula is C15H17FN2O. The summed E-state index contributed by atoms with van der Waals surface area (Å²) in [6.07, 6.45) is 3.63. The quantitative estimate of drug-likeness (QED) is 0.772. The molecule has 0 aliphatic carbocycles. The molecule has 0 bridgehead atoms. The summed E-state index contributed by atoms with van der Waals surface area (Å²) in [6.45, 7) is 0.698. The van der Waals surface area contributed by atoms with Crippen LogP contribution in [-0.2, 0) is 13.6 Å². The molecule has 0 aliphatic heterocycles. The summed E-state index contributed by atoms with van der Waals surface area (Å²) in [6, 6.07) is 8.42. The summed E-state index contributed by atoms with van der Waals surface area (Å²) in [4.78, 5) is 13.8. The van der Waals surface area contributed by atoms with E-state index in [9.17, 15) is 9.18 Å². The van der Waals surface area contributed by atoms with Crippen LogP contribution in [0.1, 0.15) is 15.9 Å². The Labute approximate surface area is 112 Å². The maximum atomic E-state index is 13.5. The summed E-state index contributed by atoms with van der Waals surface area (Å²) in [5, 5.41) is 0. The van der Waals surface area contributed by atoms with Gasteiger partial charge in [-0.05, 0) is 19.2 Å². The highest BCUT2D eigenvalue weighted by Crippen LogP contribution is 2.09. The van der Waals surface area contributed by atoms with Crippen LogP contribution in [0.2, 0.25) is 0 Å². The molecule has 0 saturated carbocycles. The van der Waals surface area contributed by atoms with Crippen LogP contribution in [0, 0.1) is 5.82 Å². The summed E-state index contributed by atoms with van der Waals surface area (Å²) in [7, 11) is 3.69. The molecule has 0 radical (unpaired) electrons. The maximum absolute atomic E-state index is 13.5. The van der Waals surface area contributed by atoms with Gasteiger partial charge >= 0.3 is 0 Å². The molecular weight excluding hydrogens is 243 g/mol. The summed E-state index contributed by atoms with van der Waals surface area (Å²) < 4.78 is 15.3. The number of aromatic nitrogens is 1. The number of benzene rings is 1. The van der Waals surface area contributed by atoms with Crippen molar-refractivity contribution in [1.29, 1.82) is 0 Å².